The first-order chi connectivity index (χ1) is 9.24. The second-order valence-corrected chi connectivity index (χ2v) is 6.44. The van der Waals surface area contributed by atoms with Crippen molar-refractivity contribution in [3.63, 3.8) is 0 Å². The van der Waals surface area contributed by atoms with E-state index in [-0.39, 0.29) is 0 Å². The molecule has 0 saturated carbocycles. The highest BCUT2D eigenvalue weighted by Crippen LogP contribution is 2.23. The molecule has 0 spiro atoms. The smallest absolute Gasteiger partial charge is 0.00772 e. The molecule has 0 heterocycles. The fraction of sp³-hybridized carbons (Fsp3) is 1.00. The molecule has 19 heavy (non-hydrogen) atoms. The van der Waals surface area contributed by atoms with E-state index in [9.17, 15) is 0 Å². The van der Waals surface area contributed by atoms with Gasteiger partial charge in [0.2, 0.25) is 0 Å². The standard InChI is InChI=1S/C18H39N/c1-4-6-7-8-9-13-18(15-11-16-19)14-10-12-17(3)5-2/h17-18H,4-16,19H2,1-3H3. The minimum Gasteiger partial charge on any atom is -0.330 e. The van der Waals surface area contributed by atoms with Gasteiger partial charge in [0.25, 0.3) is 0 Å². The maximum Gasteiger partial charge on any atom is -0.00772 e. The Labute approximate surface area is 122 Å². The van der Waals surface area contributed by atoms with Crippen LogP contribution in [0.3, 0.4) is 0 Å². The maximum absolute atomic E-state index is 5.67. The van der Waals surface area contributed by atoms with Crippen molar-refractivity contribution in [3.8, 4) is 0 Å². The molecule has 0 aliphatic heterocycles. The fourth-order valence-corrected chi connectivity index (χ4v) is 2.84. The minimum atomic E-state index is 0.873. The van der Waals surface area contributed by atoms with E-state index < -0.39 is 0 Å². The Morgan fingerprint density at radius 2 is 1.37 bits per heavy atom. The van der Waals surface area contributed by atoms with Crippen LogP contribution in [0.1, 0.15) is 97.8 Å². The highest BCUT2D eigenvalue weighted by atomic mass is 14.5. The van der Waals surface area contributed by atoms with Crippen LogP contribution >= 0.6 is 0 Å². The number of nitrogens with two attached hydrogens (primary N) is 1. The van der Waals surface area contributed by atoms with Gasteiger partial charge in [-0.1, -0.05) is 85.0 Å². The summed E-state index contributed by atoms with van der Waals surface area (Å²) in [6.45, 7) is 7.86. The van der Waals surface area contributed by atoms with Gasteiger partial charge >= 0.3 is 0 Å². The Morgan fingerprint density at radius 1 is 0.737 bits per heavy atom. The van der Waals surface area contributed by atoms with Gasteiger partial charge in [-0.15, -0.1) is 0 Å². The van der Waals surface area contributed by atoms with Gasteiger partial charge in [0.15, 0.2) is 0 Å². The molecule has 0 saturated heterocycles. The van der Waals surface area contributed by atoms with Crippen molar-refractivity contribution in [2.45, 2.75) is 97.8 Å². The van der Waals surface area contributed by atoms with Gasteiger partial charge in [-0.05, 0) is 31.2 Å². The molecule has 0 amide bonds. The third kappa shape index (κ3) is 12.7. The van der Waals surface area contributed by atoms with Crippen LogP contribution in [0.5, 0.6) is 0 Å². The molecule has 0 fully saturated rings. The largest absolute Gasteiger partial charge is 0.330 e. The van der Waals surface area contributed by atoms with E-state index in [0.29, 0.717) is 0 Å². The second kappa shape index (κ2) is 14.4. The first kappa shape index (κ1) is 19.0. The molecule has 1 nitrogen and oxygen atoms in total. The molecular weight excluding hydrogens is 230 g/mol. The van der Waals surface area contributed by atoms with Crippen molar-refractivity contribution in [1.29, 1.82) is 0 Å². The minimum absolute atomic E-state index is 0.873. The fourth-order valence-electron chi connectivity index (χ4n) is 2.84. The Hall–Kier alpha value is -0.0400. The first-order valence-corrected chi connectivity index (χ1v) is 8.94. The molecule has 0 aliphatic carbocycles. The molecule has 2 atom stereocenters. The Balaban J connectivity index is 3.68. The Bertz CT molecular complexity index is 167. The summed E-state index contributed by atoms with van der Waals surface area (Å²) in [6.07, 6.45) is 16.8. The lowest BCUT2D eigenvalue weighted by Gasteiger charge is -2.17. The summed E-state index contributed by atoms with van der Waals surface area (Å²) < 4.78 is 0. The van der Waals surface area contributed by atoms with Crippen molar-refractivity contribution in [3.05, 3.63) is 0 Å². The quantitative estimate of drug-likeness (QED) is 0.389. The van der Waals surface area contributed by atoms with E-state index >= 15 is 0 Å². The highest BCUT2D eigenvalue weighted by molar-refractivity contribution is 4.62. The van der Waals surface area contributed by atoms with Crippen LogP contribution in [0.15, 0.2) is 0 Å². The molecule has 0 aromatic rings. The molecule has 0 radical (unpaired) electrons. The van der Waals surface area contributed by atoms with Crippen molar-refractivity contribution in [2.24, 2.45) is 17.6 Å². The first-order valence-electron chi connectivity index (χ1n) is 8.94. The van der Waals surface area contributed by atoms with E-state index in [1.165, 1.54) is 77.0 Å². The molecule has 0 aliphatic rings. The van der Waals surface area contributed by atoms with E-state index in [1.54, 1.807) is 0 Å². The summed E-state index contributed by atoms with van der Waals surface area (Å²) in [5.41, 5.74) is 5.67. The van der Waals surface area contributed by atoms with Crippen molar-refractivity contribution >= 4 is 0 Å². The predicted octanol–water partition coefficient (Wildman–Crippen LogP) is 5.92. The second-order valence-electron chi connectivity index (χ2n) is 6.44. The van der Waals surface area contributed by atoms with Crippen LogP contribution < -0.4 is 5.73 Å². The zero-order chi connectivity index (χ0) is 14.3. The van der Waals surface area contributed by atoms with Gasteiger partial charge in [0.1, 0.15) is 0 Å². The van der Waals surface area contributed by atoms with Gasteiger partial charge < -0.3 is 5.73 Å². The number of unbranched alkanes of at least 4 members (excludes halogenated alkanes) is 4. The lowest BCUT2D eigenvalue weighted by atomic mass is 9.89. The highest BCUT2D eigenvalue weighted by Gasteiger charge is 2.09. The predicted molar refractivity (Wildman–Crippen MR) is 88.5 cm³/mol. The van der Waals surface area contributed by atoms with E-state index in [4.69, 9.17) is 5.73 Å². The number of rotatable bonds is 14. The van der Waals surface area contributed by atoms with Crippen LogP contribution in [0.2, 0.25) is 0 Å². The zero-order valence-electron chi connectivity index (χ0n) is 13.9. The van der Waals surface area contributed by atoms with Gasteiger partial charge in [-0.3, -0.25) is 0 Å². The molecular formula is C18H39N. The van der Waals surface area contributed by atoms with Crippen LogP contribution in [0, 0.1) is 11.8 Å². The molecule has 0 rings (SSSR count). The topological polar surface area (TPSA) is 26.0 Å². The molecule has 2 N–H and O–H groups in total. The average molecular weight is 270 g/mol. The van der Waals surface area contributed by atoms with Gasteiger partial charge in [0, 0.05) is 0 Å². The third-order valence-electron chi connectivity index (χ3n) is 4.54. The lowest BCUT2D eigenvalue weighted by molar-refractivity contribution is 0.360. The normalized spacial score (nSPS) is 14.5. The van der Waals surface area contributed by atoms with E-state index in [2.05, 4.69) is 20.8 Å². The summed E-state index contributed by atoms with van der Waals surface area (Å²) in [7, 11) is 0. The van der Waals surface area contributed by atoms with Crippen molar-refractivity contribution in [2.75, 3.05) is 6.54 Å². The summed E-state index contributed by atoms with van der Waals surface area (Å²) >= 11 is 0. The third-order valence-corrected chi connectivity index (χ3v) is 4.54. The van der Waals surface area contributed by atoms with E-state index in [0.717, 1.165) is 18.4 Å². The zero-order valence-corrected chi connectivity index (χ0v) is 13.9. The summed E-state index contributed by atoms with van der Waals surface area (Å²) in [6, 6.07) is 0. The van der Waals surface area contributed by atoms with Crippen LogP contribution in [-0.4, -0.2) is 6.54 Å². The van der Waals surface area contributed by atoms with Crippen LogP contribution in [-0.2, 0) is 0 Å². The summed E-state index contributed by atoms with van der Waals surface area (Å²) in [4.78, 5) is 0. The van der Waals surface area contributed by atoms with Crippen LogP contribution in [0.25, 0.3) is 0 Å². The lowest BCUT2D eigenvalue weighted by Crippen LogP contribution is -2.06. The van der Waals surface area contributed by atoms with Crippen molar-refractivity contribution < 1.29 is 0 Å². The Kier molecular flexibility index (Phi) is 14.3. The van der Waals surface area contributed by atoms with Gasteiger partial charge in [0.05, 0.1) is 0 Å². The Morgan fingerprint density at radius 3 is 2.00 bits per heavy atom. The molecule has 2 unspecified atom stereocenters. The van der Waals surface area contributed by atoms with Gasteiger partial charge in [-0.2, -0.15) is 0 Å². The number of hydrogen-bond donors (Lipinski definition) is 1. The summed E-state index contributed by atoms with van der Waals surface area (Å²) in [5.74, 6) is 1.87. The molecule has 116 valence electrons. The SMILES string of the molecule is CCCCCCCC(CCCN)CCCC(C)CC. The summed E-state index contributed by atoms with van der Waals surface area (Å²) in [5, 5.41) is 0. The average Bonchev–Trinajstić information content (AvgIpc) is 2.43. The maximum atomic E-state index is 5.67. The monoisotopic (exact) mass is 269 g/mol. The molecule has 0 bridgehead atoms. The van der Waals surface area contributed by atoms with E-state index in [1.807, 2.05) is 0 Å². The number of hydrogen-bond acceptors (Lipinski definition) is 1. The van der Waals surface area contributed by atoms with Crippen LogP contribution in [0.4, 0.5) is 0 Å². The molecule has 0 aromatic carbocycles. The van der Waals surface area contributed by atoms with Gasteiger partial charge in [-0.25, -0.2) is 0 Å². The van der Waals surface area contributed by atoms with Crippen molar-refractivity contribution in [1.82, 2.24) is 0 Å². The molecule has 0 aromatic heterocycles. The molecule has 1 heteroatoms.